The number of nitrogens with two attached hydrogens (primary N) is 1. The van der Waals surface area contributed by atoms with Crippen LogP contribution in [0.3, 0.4) is 0 Å². The number of fused-ring (bicyclic) bond motifs is 3. The van der Waals surface area contributed by atoms with E-state index in [1.165, 1.54) is 0 Å². The maximum Gasteiger partial charge on any atom is 0.244 e. The maximum atomic E-state index is 12.7. The SMILES string of the molecule is Cl.NC12CCC(C(F)F)(CC1)CC2. The van der Waals surface area contributed by atoms with Crippen LogP contribution in [0.15, 0.2) is 0 Å². The number of rotatable bonds is 1. The predicted molar refractivity (Wildman–Crippen MR) is 50.3 cm³/mol. The molecule has 0 heterocycles. The Hall–Kier alpha value is 0.110. The first-order valence-electron chi connectivity index (χ1n) is 4.64. The first-order chi connectivity index (χ1) is 5.56. The van der Waals surface area contributed by atoms with Crippen LogP contribution in [0.4, 0.5) is 8.78 Å². The van der Waals surface area contributed by atoms with E-state index in [9.17, 15) is 8.78 Å². The highest BCUT2D eigenvalue weighted by Crippen LogP contribution is 2.54. The molecule has 3 fully saturated rings. The molecule has 0 radical (unpaired) electrons. The molecule has 0 aromatic rings. The predicted octanol–water partition coefficient (Wildman–Crippen LogP) is 2.73. The van der Waals surface area contributed by atoms with E-state index in [4.69, 9.17) is 5.73 Å². The highest BCUT2D eigenvalue weighted by Gasteiger charge is 2.51. The van der Waals surface area contributed by atoms with Gasteiger partial charge in [0.1, 0.15) is 0 Å². The van der Waals surface area contributed by atoms with Crippen LogP contribution < -0.4 is 5.73 Å². The third-order valence-corrected chi connectivity index (χ3v) is 3.83. The Morgan fingerprint density at radius 2 is 1.31 bits per heavy atom. The molecule has 3 saturated carbocycles. The van der Waals surface area contributed by atoms with Gasteiger partial charge in [0.15, 0.2) is 0 Å². The number of hydrogen-bond acceptors (Lipinski definition) is 1. The van der Waals surface area contributed by atoms with Crippen molar-refractivity contribution in [3.05, 3.63) is 0 Å². The van der Waals surface area contributed by atoms with Gasteiger partial charge in [-0.05, 0) is 38.5 Å². The van der Waals surface area contributed by atoms with Crippen molar-refractivity contribution in [3.63, 3.8) is 0 Å². The third-order valence-electron chi connectivity index (χ3n) is 3.83. The van der Waals surface area contributed by atoms with Crippen LogP contribution in [0.2, 0.25) is 0 Å². The second-order valence-corrected chi connectivity index (χ2v) is 4.53. The van der Waals surface area contributed by atoms with Gasteiger partial charge in [-0.2, -0.15) is 0 Å². The molecule has 0 aliphatic heterocycles. The van der Waals surface area contributed by atoms with E-state index in [0.717, 1.165) is 19.3 Å². The summed E-state index contributed by atoms with van der Waals surface area (Å²) in [6.07, 6.45) is 2.19. The molecule has 0 atom stereocenters. The van der Waals surface area contributed by atoms with Crippen LogP contribution in [0.1, 0.15) is 38.5 Å². The third kappa shape index (κ3) is 1.68. The molecule has 13 heavy (non-hydrogen) atoms. The van der Waals surface area contributed by atoms with Crippen LogP contribution in [0, 0.1) is 5.41 Å². The van der Waals surface area contributed by atoms with Crippen molar-refractivity contribution in [1.82, 2.24) is 0 Å². The Labute approximate surface area is 83.5 Å². The fourth-order valence-electron chi connectivity index (χ4n) is 2.57. The molecule has 2 bridgehead atoms. The highest BCUT2D eigenvalue weighted by molar-refractivity contribution is 5.85. The van der Waals surface area contributed by atoms with E-state index in [0.29, 0.717) is 19.3 Å². The molecule has 2 N–H and O–H groups in total. The summed E-state index contributed by atoms with van der Waals surface area (Å²) in [6, 6.07) is 0. The van der Waals surface area contributed by atoms with Crippen LogP contribution in [0.5, 0.6) is 0 Å². The zero-order chi connectivity index (χ0) is 8.82. The van der Waals surface area contributed by atoms with Crippen molar-refractivity contribution in [3.8, 4) is 0 Å². The van der Waals surface area contributed by atoms with E-state index < -0.39 is 11.8 Å². The fourth-order valence-corrected chi connectivity index (χ4v) is 2.57. The van der Waals surface area contributed by atoms with Crippen LogP contribution in [-0.4, -0.2) is 12.0 Å². The zero-order valence-electron chi connectivity index (χ0n) is 7.56. The van der Waals surface area contributed by atoms with Gasteiger partial charge < -0.3 is 5.73 Å². The average Bonchev–Trinajstić information content (AvgIpc) is 2.06. The summed E-state index contributed by atoms with van der Waals surface area (Å²) in [4.78, 5) is 0. The second-order valence-electron chi connectivity index (χ2n) is 4.53. The van der Waals surface area contributed by atoms with Gasteiger partial charge in [-0.3, -0.25) is 0 Å². The molecule has 4 heteroatoms. The molecule has 78 valence electrons. The number of hydrogen-bond donors (Lipinski definition) is 1. The minimum atomic E-state index is -2.14. The summed E-state index contributed by atoms with van der Waals surface area (Å²) < 4.78 is 25.4. The minimum absolute atomic E-state index is 0. The molecule has 0 unspecified atom stereocenters. The van der Waals surface area contributed by atoms with Gasteiger partial charge in [-0.15, -0.1) is 12.4 Å². The van der Waals surface area contributed by atoms with Gasteiger partial charge in [0.05, 0.1) is 0 Å². The van der Waals surface area contributed by atoms with Crippen molar-refractivity contribution in [2.24, 2.45) is 11.1 Å². The van der Waals surface area contributed by atoms with Gasteiger partial charge >= 0.3 is 0 Å². The van der Waals surface area contributed by atoms with Gasteiger partial charge in [-0.1, -0.05) is 0 Å². The van der Waals surface area contributed by atoms with E-state index in [-0.39, 0.29) is 17.9 Å². The highest BCUT2D eigenvalue weighted by atomic mass is 35.5. The average molecular weight is 212 g/mol. The number of alkyl halides is 2. The molecule has 0 saturated heterocycles. The Morgan fingerprint density at radius 1 is 0.923 bits per heavy atom. The molecular formula is C9H16ClF2N. The van der Waals surface area contributed by atoms with Crippen molar-refractivity contribution in [1.29, 1.82) is 0 Å². The van der Waals surface area contributed by atoms with E-state index in [1.54, 1.807) is 0 Å². The van der Waals surface area contributed by atoms with E-state index in [2.05, 4.69) is 0 Å². The minimum Gasteiger partial charge on any atom is -0.325 e. The largest absolute Gasteiger partial charge is 0.325 e. The molecule has 3 aliphatic carbocycles. The fraction of sp³-hybridized carbons (Fsp3) is 1.00. The maximum absolute atomic E-state index is 12.7. The smallest absolute Gasteiger partial charge is 0.244 e. The molecule has 0 spiro atoms. The Morgan fingerprint density at radius 3 is 1.62 bits per heavy atom. The topological polar surface area (TPSA) is 26.0 Å². The Kier molecular flexibility index (Phi) is 2.89. The Balaban J connectivity index is 0.000000845. The van der Waals surface area contributed by atoms with Crippen molar-refractivity contribution >= 4 is 12.4 Å². The Bertz CT molecular complexity index is 172. The quantitative estimate of drug-likeness (QED) is 0.709. The molecule has 0 aromatic carbocycles. The van der Waals surface area contributed by atoms with E-state index >= 15 is 0 Å². The van der Waals surface area contributed by atoms with Gasteiger partial charge in [-0.25, -0.2) is 8.78 Å². The first kappa shape index (κ1) is 11.2. The lowest BCUT2D eigenvalue weighted by molar-refractivity contribution is -0.0818. The lowest BCUT2D eigenvalue weighted by Crippen LogP contribution is -2.53. The molecule has 3 aliphatic rings. The van der Waals surface area contributed by atoms with Crippen molar-refractivity contribution in [2.75, 3.05) is 0 Å². The standard InChI is InChI=1S/C9H15F2N.ClH/c10-7(11)8-1-4-9(12,5-2-8)6-3-8;/h7H,1-6,12H2;1H. The summed E-state index contributed by atoms with van der Waals surface area (Å²) >= 11 is 0. The monoisotopic (exact) mass is 211 g/mol. The molecule has 0 aromatic heterocycles. The molecular weight excluding hydrogens is 196 g/mol. The summed E-state index contributed by atoms with van der Waals surface area (Å²) in [5.74, 6) is 0. The summed E-state index contributed by atoms with van der Waals surface area (Å²) in [6.45, 7) is 0. The summed E-state index contributed by atoms with van der Waals surface area (Å²) in [7, 11) is 0. The zero-order valence-corrected chi connectivity index (χ0v) is 8.38. The van der Waals surface area contributed by atoms with E-state index in [1.807, 2.05) is 0 Å². The van der Waals surface area contributed by atoms with Crippen LogP contribution in [0.25, 0.3) is 0 Å². The van der Waals surface area contributed by atoms with Crippen LogP contribution >= 0.6 is 12.4 Å². The van der Waals surface area contributed by atoms with Crippen LogP contribution in [-0.2, 0) is 0 Å². The van der Waals surface area contributed by atoms with Gasteiger partial charge in [0, 0.05) is 11.0 Å². The lowest BCUT2D eigenvalue weighted by atomic mass is 9.58. The van der Waals surface area contributed by atoms with Gasteiger partial charge in [0.2, 0.25) is 6.43 Å². The molecule has 3 rings (SSSR count). The first-order valence-corrected chi connectivity index (χ1v) is 4.64. The second kappa shape index (κ2) is 3.35. The lowest BCUT2D eigenvalue weighted by Gasteiger charge is -2.51. The number of halogens is 3. The summed E-state index contributed by atoms with van der Waals surface area (Å²) in [5.41, 5.74) is 5.27. The van der Waals surface area contributed by atoms with Crippen molar-refractivity contribution in [2.45, 2.75) is 50.5 Å². The molecule has 0 amide bonds. The normalized spacial score (nSPS) is 43.4. The summed E-state index contributed by atoms with van der Waals surface area (Å²) in [5, 5.41) is 0. The van der Waals surface area contributed by atoms with Gasteiger partial charge in [0.25, 0.3) is 0 Å². The molecule has 1 nitrogen and oxygen atoms in total. The van der Waals surface area contributed by atoms with Crippen molar-refractivity contribution < 1.29 is 8.78 Å².